The van der Waals surface area contributed by atoms with Crippen LogP contribution in [0.15, 0.2) is 42.7 Å². The van der Waals surface area contributed by atoms with Crippen molar-refractivity contribution in [1.29, 1.82) is 0 Å². The monoisotopic (exact) mass is 327 g/mol. The Morgan fingerprint density at radius 1 is 1.25 bits per heavy atom. The van der Waals surface area contributed by atoms with Crippen LogP contribution in [0.1, 0.15) is 12.5 Å². The maximum Gasteiger partial charge on any atom is 0.247 e. The Balaban J connectivity index is 1.73. The van der Waals surface area contributed by atoms with E-state index in [0.717, 1.165) is 11.3 Å². The number of carbonyl (C=O) groups is 2. The predicted molar refractivity (Wildman–Crippen MR) is 90.1 cm³/mol. The van der Waals surface area contributed by atoms with Gasteiger partial charge in [0.1, 0.15) is 12.1 Å². The molecule has 0 aliphatic carbocycles. The van der Waals surface area contributed by atoms with Crippen LogP contribution in [0.2, 0.25) is 0 Å². The molecule has 1 aliphatic rings. The maximum atomic E-state index is 12.8. The van der Waals surface area contributed by atoms with Gasteiger partial charge in [-0.2, -0.15) is 5.10 Å². The number of nitrogens with two attached hydrogens (primary N) is 1. The van der Waals surface area contributed by atoms with Gasteiger partial charge in [0.25, 0.3) is 0 Å². The molecule has 3 rings (SSSR count). The van der Waals surface area contributed by atoms with Gasteiger partial charge >= 0.3 is 0 Å². The molecule has 1 aromatic carbocycles. The van der Waals surface area contributed by atoms with E-state index in [1.165, 1.54) is 4.90 Å². The minimum Gasteiger partial charge on any atom is -0.330 e. The van der Waals surface area contributed by atoms with Gasteiger partial charge in [-0.1, -0.05) is 30.3 Å². The van der Waals surface area contributed by atoms with Crippen LogP contribution >= 0.6 is 0 Å². The number of nitrogens with zero attached hydrogens (tertiary/aromatic N) is 4. The first kappa shape index (κ1) is 16.2. The van der Waals surface area contributed by atoms with Crippen molar-refractivity contribution in [3.63, 3.8) is 0 Å². The first-order chi connectivity index (χ1) is 11.4. The summed E-state index contributed by atoms with van der Waals surface area (Å²) in [7, 11) is 1.80. The minimum absolute atomic E-state index is 0.0212. The molecule has 1 fully saturated rings. The normalized spacial score (nSPS) is 17.7. The van der Waals surface area contributed by atoms with Crippen molar-refractivity contribution >= 4 is 17.5 Å². The molecular formula is C17H21N5O2. The number of rotatable bonds is 3. The zero-order valence-corrected chi connectivity index (χ0v) is 13.8. The highest BCUT2D eigenvalue weighted by Gasteiger charge is 2.38. The molecule has 0 saturated carbocycles. The highest BCUT2D eigenvalue weighted by atomic mass is 16.2. The third-order valence-electron chi connectivity index (χ3n) is 4.33. The summed E-state index contributed by atoms with van der Waals surface area (Å²) >= 11 is 0. The van der Waals surface area contributed by atoms with Crippen LogP contribution in [-0.2, 0) is 22.2 Å². The lowest BCUT2D eigenvalue weighted by Gasteiger charge is -2.37. The summed E-state index contributed by atoms with van der Waals surface area (Å²) in [6.07, 6.45) is 3.43. The van der Waals surface area contributed by atoms with Gasteiger partial charge in [0.15, 0.2) is 0 Å². The number of aromatic nitrogens is 2. The van der Waals surface area contributed by atoms with Gasteiger partial charge in [-0.3, -0.25) is 14.3 Å². The average Bonchev–Trinajstić information content (AvgIpc) is 3.01. The van der Waals surface area contributed by atoms with E-state index in [2.05, 4.69) is 5.10 Å². The van der Waals surface area contributed by atoms with Crippen molar-refractivity contribution in [2.75, 3.05) is 24.5 Å². The fraction of sp³-hybridized carbons (Fsp3) is 0.353. The largest absolute Gasteiger partial charge is 0.330 e. The number of carbonyl (C=O) groups excluding carboxylic acids is 2. The summed E-state index contributed by atoms with van der Waals surface area (Å²) in [5.41, 5.74) is 6.60. The van der Waals surface area contributed by atoms with Gasteiger partial charge in [-0.15, -0.1) is 0 Å². The fourth-order valence-electron chi connectivity index (χ4n) is 2.90. The number of benzene rings is 1. The van der Waals surface area contributed by atoms with Gasteiger partial charge < -0.3 is 15.5 Å². The quantitative estimate of drug-likeness (QED) is 0.888. The second-order valence-electron chi connectivity index (χ2n) is 6.21. The molecule has 2 aromatic rings. The Labute approximate surface area is 140 Å². The van der Waals surface area contributed by atoms with Gasteiger partial charge in [-0.25, -0.2) is 0 Å². The maximum absolute atomic E-state index is 12.8. The lowest BCUT2D eigenvalue weighted by Crippen LogP contribution is -2.58. The van der Waals surface area contributed by atoms with E-state index in [4.69, 9.17) is 5.73 Å². The van der Waals surface area contributed by atoms with Crippen LogP contribution in [0.5, 0.6) is 0 Å². The Morgan fingerprint density at radius 3 is 2.54 bits per heavy atom. The van der Waals surface area contributed by atoms with Crippen molar-refractivity contribution in [1.82, 2.24) is 14.7 Å². The number of hydrogen-bond acceptors (Lipinski definition) is 4. The number of amides is 2. The Morgan fingerprint density at radius 2 is 1.96 bits per heavy atom. The molecule has 2 heterocycles. The molecule has 7 heteroatoms. The molecule has 1 aliphatic heterocycles. The lowest BCUT2D eigenvalue weighted by molar-refractivity contribution is -0.141. The smallest absolute Gasteiger partial charge is 0.247 e. The highest BCUT2D eigenvalue weighted by Crippen LogP contribution is 2.23. The summed E-state index contributed by atoms with van der Waals surface area (Å²) < 4.78 is 1.65. The Bertz CT molecular complexity index is 753. The van der Waals surface area contributed by atoms with Crippen molar-refractivity contribution in [3.05, 3.63) is 48.3 Å². The number of hydrogen-bond donors (Lipinski definition) is 1. The number of anilines is 1. The summed E-state index contributed by atoms with van der Waals surface area (Å²) in [6, 6.07) is 9.22. The van der Waals surface area contributed by atoms with Gasteiger partial charge in [0.05, 0.1) is 11.9 Å². The first-order valence-corrected chi connectivity index (χ1v) is 7.82. The van der Waals surface area contributed by atoms with Crippen molar-refractivity contribution in [2.45, 2.75) is 12.5 Å². The fourth-order valence-corrected chi connectivity index (χ4v) is 2.90. The van der Waals surface area contributed by atoms with E-state index in [1.54, 1.807) is 35.9 Å². The predicted octanol–water partition coefficient (Wildman–Crippen LogP) is 0.469. The van der Waals surface area contributed by atoms with Crippen molar-refractivity contribution in [2.24, 2.45) is 12.8 Å². The highest BCUT2D eigenvalue weighted by molar-refractivity contribution is 5.99. The summed E-state index contributed by atoms with van der Waals surface area (Å²) in [5.74, 6) is -0.376. The Kier molecular flexibility index (Phi) is 4.11. The van der Waals surface area contributed by atoms with Gasteiger partial charge in [-0.05, 0) is 12.5 Å². The molecule has 126 valence electrons. The minimum atomic E-state index is -1.15. The van der Waals surface area contributed by atoms with Crippen LogP contribution < -0.4 is 10.6 Å². The van der Waals surface area contributed by atoms with Crippen molar-refractivity contribution < 1.29 is 9.59 Å². The molecule has 0 radical (unpaired) electrons. The molecule has 1 aromatic heterocycles. The van der Waals surface area contributed by atoms with E-state index in [9.17, 15) is 9.59 Å². The average molecular weight is 327 g/mol. The summed E-state index contributed by atoms with van der Waals surface area (Å²) in [6.45, 7) is 2.58. The van der Waals surface area contributed by atoms with E-state index >= 15 is 0 Å². The molecule has 0 spiro atoms. The molecular weight excluding hydrogens is 306 g/mol. The Hall–Kier alpha value is -2.67. The second-order valence-corrected chi connectivity index (χ2v) is 6.21. The van der Waals surface area contributed by atoms with Crippen LogP contribution in [0, 0.1) is 0 Å². The summed E-state index contributed by atoms with van der Waals surface area (Å²) in [4.78, 5) is 28.4. The van der Waals surface area contributed by atoms with Crippen LogP contribution in [0.25, 0.3) is 0 Å². The van der Waals surface area contributed by atoms with E-state index in [-0.39, 0.29) is 18.4 Å². The topological polar surface area (TPSA) is 84.5 Å². The molecule has 2 amide bonds. The van der Waals surface area contributed by atoms with E-state index in [1.807, 2.05) is 30.3 Å². The molecule has 24 heavy (non-hydrogen) atoms. The molecule has 0 bridgehead atoms. The molecule has 1 unspecified atom stereocenters. The second kappa shape index (κ2) is 6.09. The van der Waals surface area contributed by atoms with Crippen molar-refractivity contribution in [3.8, 4) is 0 Å². The van der Waals surface area contributed by atoms with E-state index < -0.39 is 5.54 Å². The molecule has 7 nitrogen and oxygen atoms in total. The molecule has 1 atom stereocenters. The van der Waals surface area contributed by atoms with Gasteiger partial charge in [0, 0.05) is 26.3 Å². The zero-order valence-electron chi connectivity index (χ0n) is 13.8. The third kappa shape index (κ3) is 2.90. The van der Waals surface area contributed by atoms with E-state index in [0.29, 0.717) is 13.1 Å². The molecule has 2 N–H and O–H groups in total. The first-order valence-electron chi connectivity index (χ1n) is 7.82. The SMILES string of the molecule is Cn1cc(N2CCN(C(=O)C(C)(N)c3ccccc3)CC2=O)cn1. The standard InChI is InChI=1S/C17H21N5O2/c1-17(18,13-6-4-3-5-7-13)16(24)21-8-9-22(15(23)12-21)14-10-19-20(2)11-14/h3-7,10-11H,8-9,12,18H2,1-2H3. The van der Waals surface area contributed by atoms with Gasteiger partial charge in [0.2, 0.25) is 11.8 Å². The number of piperazine rings is 1. The summed E-state index contributed by atoms with van der Waals surface area (Å²) in [5, 5.41) is 4.08. The van der Waals surface area contributed by atoms with Crippen LogP contribution in [0.4, 0.5) is 5.69 Å². The zero-order chi connectivity index (χ0) is 17.3. The lowest BCUT2D eigenvalue weighted by atomic mass is 9.91. The van der Waals surface area contributed by atoms with Crippen LogP contribution in [0.3, 0.4) is 0 Å². The number of aryl methyl sites for hydroxylation is 1. The molecule has 1 saturated heterocycles. The van der Waals surface area contributed by atoms with Crippen LogP contribution in [-0.4, -0.2) is 46.1 Å². The third-order valence-corrected chi connectivity index (χ3v) is 4.33.